The van der Waals surface area contributed by atoms with Crippen molar-refractivity contribution in [2.24, 2.45) is 0 Å². The maximum atomic E-state index is 10.9. The van der Waals surface area contributed by atoms with Crippen molar-refractivity contribution in [1.29, 1.82) is 0 Å². The summed E-state index contributed by atoms with van der Waals surface area (Å²) in [6.45, 7) is 8.15. The maximum absolute atomic E-state index is 10.9. The first-order valence-corrected chi connectivity index (χ1v) is 5.59. The minimum Gasteiger partial charge on any atom is -0.300 e. The molecule has 0 spiro atoms. The van der Waals surface area contributed by atoms with Gasteiger partial charge in [0.25, 0.3) is 0 Å². The van der Waals surface area contributed by atoms with Crippen molar-refractivity contribution in [3.8, 4) is 0 Å². The third-order valence-corrected chi connectivity index (χ3v) is 2.79. The van der Waals surface area contributed by atoms with E-state index in [0.29, 0.717) is 12.3 Å². The van der Waals surface area contributed by atoms with Crippen LogP contribution in [0.15, 0.2) is 18.2 Å². The molecule has 0 atom stereocenters. The van der Waals surface area contributed by atoms with Crippen molar-refractivity contribution in [2.45, 2.75) is 46.5 Å². The van der Waals surface area contributed by atoms with Crippen LogP contribution in [0.1, 0.15) is 49.8 Å². The molecule has 0 N–H and O–H groups in total. The summed E-state index contributed by atoms with van der Waals surface area (Å²) in [7, 11) is 0. The SMILES string of the molecule is CC(=O)CCc1cc(C(C)C)ccc1C. The van der Waals surface area contributed by atoms with Crippen molar-refractivity contribution < 1.29 is 4.79 Å². The molecular formula is C14H20O. The Morgan fingerprint density at radius 3 is 2.53 bits per heavy atom. The highest BCUT2D eigenvalue weighted by Crippen LogP contribution is 2.19. The molecule has 1 aromatic rings. The van der Waals surface area contributed by atoms with Crippen LogP contribution in [0.25, 0.3) is 0 Å². The number of hydrogen-bond donors (Lipinski definition) is 0. The topological polar surface area (TPSA) is 17.1 Å². The van der Waals surface area contributed by atoms with Crippen LogP contribution >= 0.6 is 0 Å². The van der Waals surface area contributed by atoms with Gasteiger partial charge >= 0.3 is 0 Å². The lowest BCUT2D eigenvalue weighted by Gasteiger charge is -2.10. The van der Waals surface area contributed by atoms with E-state index in [-0.39, 0.29) is 5.78 Å². The van der Waals surface area contributed by atoms with Crippen LogP contribution in [0.4, 0.5) is 0 Å². The molecule has 82 valence electrons. The standard InChI is InChI=1S/C14H20O/c1-10(2)13-7-5-11(3)14(9-13)8-6-12(4)15/h5,7,9-10H,6,8H2,1-4H3. The van der Waals surface area contributed by atoms with Gasteiger partial charge in [-0.3, -0.25) is 0 Å². The quantitative estimate of drug-likeness (QED) is 0.731. The molecular weight excluding hydrogens is 184 g/mol. The maximum Gasteiger partial charge on any atom is 0.130 e. The Labute approximate surface area is 92.5 Å². The molecule has 0 aliphatic rings. The van der Waals surface area contributed by atoms with Crippen LogP contribution in [0.2, 0.25) is 0 Å². The van der Waals surface area contributed by atoms with E-state index in [1.807, 2.05) is 0 Å². The normalized spacial score (nSPS) is 10.7. The van der Waals surface area contributed by atoms with E-state index < -0.39 is 0 Å². The summed E-state index contributed by atoms with van der Waals surface area (Å²) in [5.74, 6) is 0.825. The molecule has 0 heterocycles. The van der Waals surface area contributed by atoms with Gasteiger partial charge in [0, 0.05) is 6.42 Å². The van der Waals surface area contributed by atoms with Gasteiger partial charge in [0.05, 0.1) is 0 Å². The number of carbonyl (C=O) groups is 1. The predicted molar refractivity (Wildman–Crippen MR) is 64.3 cm³/mol. The van der Waals surface area contributed by atoms with Crippen molar-refractivity contribution in [3.05, 3.63) is 34.9 Å². The molecule has 0 fully saturated rings. The lowest BCUT2D eigenvalue weighted by Crippen LogP contribution is -1.98. The second-order valence-corrected chi connectivity index (χ2v) is 4.54. The lowest BCUT2D eigenvalue weighted by atomic mass is 9.95. The number of ketones is 1. The summed E-state index contributed by atoms with van der Waals surface area (Å²) in [5.41, 5.74) is 3.97. The molecule has 15 heavy (non-hydrogen) atoms. The Kier molecular flexibility index (Phi) is 4.07. The van der Waals surface area contributed by atoms with Crippen LogP contribution in [0.5, 0.6) is 0 Å². The number of aryl methyl sites for hydroxylation is 2. The van der Waals surface area contributed by atoms with E-state index in [1.165, 1.54) is 16.7 Å². The molecule has 0 unspecified atom stereocenters. The number of benzene rings is 1. The molecule has 1 heteroatoms. The number of Topliss-reactive ketones (excluding diaryl/α,β-unsaturated/α-hetero) is 1. The first-order chi connectivity index (χ1) is 7.00. The van der Waals surface area contributed by atoms with E-state index in [9.17, 15) is 4.79 Å². The van der Waals surface area contributed by atoms with Crippen molar-refractivity contribution >= 4 is 5.78 Å². The number of rotatable bonds is 4. The van der Waals surface area contributed by atoms with Gasteiger partial charge in [0.15, 0.2) is 0 Å². The fraction of sp³-hybridized carbons (Fsp3) is 0.500. The van der Waals surface area contributed by atoms with E-state index in [1.54, 1.807) is 6.92 Å². The van der Waals surface area contributed by atoms with Crippen LogP contribution in [0, 0.1) is 6.92 Å². The first kappa shape index (κ1) is 12.0. The molecule has 0 aliphatic carbocycles. The highest BCUT2D eigenvalue weighted by atomic mass is 16.1. The first-order valence-electron chi connectivity index (χ1n) is 5.59. The summed E-state index contributed by atoms with van der Waals surface area (Å²) in [5, 5.41) is 0. The van der Waals surface area contributed by atoms with Crippen molar-refractivity contribution in [1.82, 2.24) is 0 Å². The van der Waals surface area contributed by atoms with Gasteiger partial charge in [-0.2, -0.15) is 0 Å². The van der Waals surface area contributed by atoms with E-state index >= 15 is 0 Å². The van der Waals surface area contributed by atoms with Crippen molar-refractivity contribution in [3.63, 3.8) is 0 Å². The zero-order chi connectivity index (χ0) is 11.4. The fourth-order valence-electron chi connectivity index (χ4n) is 1.63. The van der Waals surface area contributed by atoms with Gasteiger partial charge in [-0.25, -0.2) is 0 Å². The molecule has 0 bridgehead atoms. The van der Waals surface area contributed by atoms with Crippen molar-refractivity contribution in [2.75, 3.05) is 0 Å². The highest BCUT2D eigenvalue weighted by molar-refractivity contribution is 5.75. The summed E-state index contributed by atoms with van der Waals surface area (Å²) in [6, 6.07) is 6.57. The average Bonchev–Trinajstić information content (AvgIpc) is 2.16. The smallest absolute Gasteiger partial charge is 0.130 e. The summed E-state index contributed by atoms with van der Waals surface area (Å²) < 4.78 is 0. The van der Waals surface area contributed by atoms with Gasteiger partial charge in [0.2, 0.25) is 0 Å². The second-order valence-electron chi connectivity index (χ2n) is 4.54. The zero-order valence-corrected chi connectivity index (χ0v) is 10.1. The summed E-state index contributed by atoms with van der Waals surface area (Å²) in [4.78, 5) is 10.9. The fourth-order valence-corrected chi connectivity index (χ4v) is 1.63. The van der Waals surface area contributed by atoms with E-state index in [0.717, 1.165) is 6.42 Å². The highest BCUT2D eigenvalue weighted by Gasteiger charge is 2.04. The molecule has 1 rings (SSSR count). The third-order valence-electron chi connectivity index (χ3n) is 2.79. The lowest BCUT2D eigenvalue weighted by molar-refractivity contribution is -0.116. The Bertz CT molecular complexity index is 350. The molecule has 0 aliphatic heterocycles. The molecule has 1 aromatic carbocycles. The van der Waals surface area contributed by atoms with Gasteiger partial charge in [-0.05, 0) is 42.9 Å². The molecule has 0 amide bonds. The minimum absolute atomic E-state index is 0.268. The summed E-state index contributed by atoms with van der Waals surface area (Å²) >= 11 is 0. The van der Waals surface area contributed by atoms with Gasteiger partial charge in [0.1, 0.15) is 5.78 Å². The molecule has 0 radical (unpaired) electrons. The van der Waals surface area contributed by atoms with Crippen LogP contribution in [0.3, 0.4) is 0 Å². The molecule has 0 aromatic heterocycles. The average molecular weight is 204 g/mol. The van der Waals surface area contributed by atoms with Crippen LogP contribution in [-0.2, 0) is 11.2 Å². The Hall–Kier alpha value is -1.11. The van der Waals surface area contributed by atoms with E-state index in [2.05, 4.69) is 39.0 Å². The Balaban J connectivity index is 2.85. The van der Waals surface area contributed by atoms with E-state index in [4.69, 9.17) is 0 Å². The van der Waals surface area contributed by atoms with Crippen LogP contribution in [-0.4, -0.2) is 5.78 Å². The molecule has 1 nitrogen and oxygen atoms in total. The third kappa shape index (κ3) is 3.50. The largest absolute Gasteiger partial charge is 0.300 e. The predicted octanol–water partition coefficient (Wildman–Crippen LogP) is 3.64. The van der Waals surface area contributed by atoms with Gasteiger partial charge in [-0.1, -0.05) is 32.0 Å². The second kappa shape index (κ2) is 5.11. The Morgan fingerprint density at radius 1 is 1.33 bits per heavy atom. The molecule has 0 saturated heterocycles. The Morgan fingerprint density at radius 2 is 2.00 bits per heavy atom. The molecule has 0 saturated carbocycles. The minimum atomic E-state index is 0.268. The zero-order valence-electron chi connectivity index (χ0n) is 10.1. The monoisotopic (exact) mass is 204 g/mol. The number of hydrogen-bond acceptors (Lipinski definition) is 1. The number of carbonyl (C=O) groups excluding carboxylic acids is 1. The summed E-state index contributed by atoms with van der Waals surface area (Å²) in [6.07, 6.45) is 1.53. The van der Waals surface area contributed by atoms with Gasteiger partial charge in [-0.15, -0.1) is 0 Å². The van der Waals surface area contributed by atoms with Gasteiger partial charge < -0.3 is 4.79 Å². The van der Waals surface area contributed by atoms with Crippen LogP contribution < -0.4 is 0 Å².